The van der Waals surface area contributed by atoms with Crippen LogP contribution in [0.3, 0.4) is 0 Å². The molecule has 0 fully saturated rings. The van der Waals surface area contributed by atoms with E-state index in [1.165, 1.54) is 29.4 Å². The van der Waals surface area contributed by atoms with Gasteiger partial charge < -0.3 is 10.6 Å². The van der Waals surface area contributed by atoms with Crippen LogP contribution < -0.4 is 10.6 Å². The molecule has 0 bridgehead atoms. The maximum absolute atomic E-state index is 12.5. The fraction of sp³-hybridized carbons (Fsp3) is 0.227. The molecular formula is C22H22N2O. The van der Waals surface area contributed by atoms with Crippen molar-refractivity contribution in [1.29, 1.82) is 0 Å². The Hall–Kier alpha value is -2.81. The summed E-state index contributed by atoms with van der Waals surface area (Å²) in [4.78, 5) is 12.5. The van der Waals surface area contributed by atoms with Crippen LogP contribution >= 0.6 is 0 Å². The molecule has 3 heteroatoms. The summed E-state index contributed by atoms with van der Waals surface area (Å²) in [6, 6.07) is 20.3. The van der Waals surface area contributed by atoms with Gasteiger partial charge in [0.1, 0.15) is 6.04 Å². The minimum Gasteiger partial charge on any atom is -0.374 e. The van der Waals surface area contributed by atoms with Gasteiger partial charge in [-0.05, 0) is 72.4 Å². The van der Waals surface area contributed by atoms with Crippen LogP contribution in [0.2, 0.25) is 0 Å². The van der Waals surface area contributed by atoms with Crippen LogP contribution in [-0.4, -0.2) is 11.9 Å². The molecule has 0 spiro atoms. The molecule has 0 unspecified atom stereocenters. The van der Waals surface area contributed by atoms with Crippen LogP contribution in [0.1, 0.15) is 24.5 Å². The summed E-state index contributed by atoms with van der Waals surface area (Å²) in [5, 5.41) is 8.62. The van der Waals surface area contributed by atoms with E-state index >= 15 is 0 Å². The molecule has 1 atom stereocenters. The van der Waals surface area contributed by atoms with E-state index in [2.05, 4.69) is 41.0 Å². The maximum Gasteiger partial charge on any atom is 0.246 e. The van der Waals surface area contributed by atoms with Crippen LogP contribution in [0, 0.1) is 0 Å². The molecule has 0 aromatic heterocycles. The van der Waals surface area contributed by atoms with Gasteiger partial charge in [-0.25, -0.2) is 0 Å². The second kappa shape index (κ2) is 6.60. The second-order valence-corrected chi connectivity index (χ2v) is 6.75. The number of hydrogen-bond donors (Lipinski definition) is 2. The number of carbonyl (C=O) groups excluding carboxylic acids is 1. The zero-order chi connectivity index (χ0) is 17.2. The van der Waals surface area contributed by atoms with E-state index in [-0.39, 0.29) is 11.9 Å². The molecule has 1 aliphatic rings. The highest BCUT2D eigenvalue weighted by molar-refractivity contribution is 5.98. The fourth-order valence-corrected chi connectivity index (χ4v) is 3.49. The van der Waals surface area contributed by atoms with Crippen LogP contribution in [0.15, 0.2) is 60.7 Å². The van der Waals surface area contributed by atoms with Crippen molar-refractivity contribution in [1.82, 2.24) is 0 Å². The molecule has 0 heterocycles. The van der Waals surface area contributed by atoms with Crippen molar-refractivity contribution in [2.24, 2.45) is 0 Å². The molecule has 3 aromatic carbocycles. The Morgan fingerprint density at radius 2 is 1.64 bits per heavy atom. The quantitative estimate of drug-likeness (QED) is 0.723. The number of benzene rings is 3. The molecule has 3 aromatic rings. The minimum absolute atomic E-state index is 0.0317. The lowest BCUT2D eigenvalue weighted by molar-refractivity contribution is -0.116. The van der Waals surface area contributed by atoms with E-state index in [4.69, 9.17) is 0 Å². The smallest absolute Gasteiger partial charge is 0.246 e. The highest BCUT2D eigenvalue weighted by atomic mass is 16.2. The third-order valence-corrected chi connectivity index (χ3v) is 4.89. The molecule has 4 rings (SSSR count). The van der Waals surface area contributed by atoms with Crippen molar-refractivity contribution in [2.45, 2.75) is 32.2 Å². The van der Waals surface area contributed by atoms with Gasteiger partial charge in [0.2, 0.25) is 5.91 Å². The molecule has 3 nitrogen and oxygen atoms in total. The molecule has 0 aliphatic heterocycles. The number of hydrogen-bond acceptors (Lipinski definition) is 2. The summed E-state index contributed by atoms with van der Waals surface area (Å²) < 4.78 is 0. The first kappa shape index (κ1) is 15.7. The third-order valence-electron chi connectivity index (χ3n) is 4.89. The first-order valence-electron chi connectivity index (χ1n) is 8.87. The predicted molar refractivity (Wildman–Crippen MR) is 104 cm³/mol. The van der Waals surface area contributed by atoms with E-state index in [1.54, 1.807) is 0 Å². The van der Waals surface area contributed by atoms with Crippen molar-refractivity contribution in [3.05, 3.63) is 71.8 Å². The number of nitrogens with one attached hydrogen (secondary N) is 2. The average Bonchev–Trinajstić information content (AvgIpc) is 3.09. The van der Waals surface area contributed by atoms with E-state index in [9.17, 15) is 4.79 Å². The van der Waals surface area contributed by atoms with Gasteiger partial charge in [0.05, 0.1) is 0 Å². The lowest BCUT2D eigenvalue weighted by atomic mass is 10.1. The highest BCUT2D eigenvalue weighted by Crippen LogP contribution is 2.25. The van der Waals surface area contributed by atoms with Crippen LogP contribution in [-0.2, 0) is 17.6 Å². The third kappa shape index (κ3) is 3.36. The standard InChI is InChI=1S/C22H22N2O/c1-15(23-20-11-9-17-7-4-8-19(17)13-20)22(25)24-21-12-10-16-5-2-3-6-18(16)14-21/h2-3,5-6,9-15,23H,4,7-8H2,1H3,(H,24,25)/t15-/m1/s1. The largest absolute Gasteiger partial charge is 0.374 e. The first-order valence-corrected chi connectivity index (χ1v) is 8.87. The SMILES string of the molecule is C[C@@H](Nc1ccc2c(c1)CCC2)C(=O)Nc1ccc2ccccc2c1. The first-order chi connectivity index (χ1) is 12.2. The summed E-state index contributed by atoms with van der Waals surface area (Å²) in [6.45, 7) is 1.89. The lowest BCUT2D eigenvalue weighted by Crippen LogP contribution is -2.31. The Labute approximate surface area is 148 Å². The van der Waals surface area contributed by atoms with Gasteiger partial charge in [0.15, 0.2) is 0 Å². The monoisotopic (exact) mass is 330 g/mol. The summed E-state index contributed by atoms with van der Waals surface area (Å²) in [5.41, 5.74) is 4.69. The summed E-state index contributed by atoms with van der Waals surface area (Å²) in [5.74, 6) is -0.0317. The van der Waals surface area contributed by atoms with Crippen molar-refractivity contribution in [3.63, 3.8) is 0 Å². The fourth-order valence-electron chi connectivity index (χ4n) is 3.49. The zero-order valence-electron chi connectivity index (χ0n) is 14.4. The van der Waals surface area contributed by atoms with Gasteiger partial charge in [-0.1, -0.05) is 36.4 Å². The predicted octanol–water partition coefficient (Wildman–Crippen LogP) is 4.77. The van der Waals surface area contributed by atoms with Gasteiger partial charge in [-0.2, -0.15) is 0 Å². The van der Waals surface area contributed by atoms with Gasteiger partial charge >= 0.3 is 0 Å². The summed E-state index contributed by atoms with van der Waals surface area (Å²) >= 11 is 0. The minimum atomic E-state index is -0.300. The van der Waals surface area contributed by atoms with E-state index in [0.29, 0.717) is 0 Å². The van der Waals surface area contributed by atoms with Gasteiger partial charge in [0.25, 0.3) is 0 Å². The second-order valence-electron chi connectivity index (χ2n) is 6.75. The van der Waals surface area contributed by atoms with Gasteiger partial charge in [-0.3, -0.25) is 4.79 Å². The normalized spacial score (nSPS) is 14.1. The zero-order valence-corrected chi connectivity index (χ0v) is 14.4. The van der Waals surface area contributed by atoms with Crippen LogP contribution in [0.25, 0.3) is 10.8 Å². The molecule has 2 N–H and O–H groups in total. The topological polar surface area (TPSA) is 41.1 Å². The van der Waals surface area contributed by atoms with Crippen LogP contribution in [0.4, 0.5) is 11.4 Å². The molecular weight excluding hydrogens is 308 g/mol. The lowest BCUT2D eigenvalue weighted by Gasteiger charge is -2.16. The Kier molecular flexibility index (Phi) is 4.14. The van der Waals surface area contributed by atoms with Crippen molar-refractivity contribution < 1.29 is 4.79 Å². The number of rotatable bonds is 4. The molecule has 1 amide bonds. The molecule has 1 aliphatic carbocycles. The van der Waals surface area contributed by atoms with E-state index in [1.807, 2.05) is 37.3 Å². The van der Waals surface area contributed by atoms with Crippen molar-refractivity contribution in [3.8, 4) is 0 Å². The van der Waals surface area contributed by atoms with Gasteiger partial charge in [0, 0.05) is 11.4 Å². The van der Waals surface area contributed by atoms with Crippen molar-refractivity contribution >= 4 is 28.1 Å². The Balaban J connectivity index is 1.44. The Bertz CT molecular complexity index is 932. The maximum atomic E-state index is 12.5. The van der Waals surface area contributed by atoms with Crippen LogP contribution in [0.5, 0.6) is 0 Å². The number of anilines is 2. The number of aryl methyl sites for hydroxylation is 2. The molecule has 126 valence electrons. The molecule has 0 radical (unpaired) electrons. The number of carbonyl (C=O) groups is 1. The Morgan fingerprint density at radius 3 is 2.52 bits per heavy atom. The van der Waals surface area contributed by atoms with Crippen molar-refractivity contribution in [2.75, 3.05) is 10.6 Å². The summed E-state index contributed by atoms with van der Waals surface area (Å²) in [6.07, 6.45) is 3.55. The summed E-state index contributed by atoms with van der Waals surface area (Å²) in [7, 11) is 0. The number of amides is 1. The molecule has 0 saturated heterocycles. The number of fused-ring (bicyclic) bond motifs is 2. The van der Waals surface area contributed by atoms with E-state index in [0.717, 1.165) is 23.2 Å². The molecule has 0 saturated carbocycles. The molecule has 25 heavy (non-hydrogen) atoms. The van der Waals surface area contributed by atoms with E-state index < -0.39 is 0 Å². The highest BCUT2D eigenvalue weighted by Gasteiger charge is 2.15. The average molecular weight is 330 g/mol. The van der Waals surface area contributed by atoms with Gasteiger partial charge in [-0.15, -0.1) is 0 Å². The Morgan fingerprint density at radius 1 is 0.880 bits per heavy atom.